The van der Waals surface area contributed by atoms with Crippen molar-refractivity contribution >= 4 is 22.4 Å². The molecule has 2 aromatic rings. The molecule has 1 aromatic heterocycles. The molecule has 2 aliphatic rings. The number of hydrogen-bond donors (Lipinski definition) is 1. The first kappa shape index (κ1) is 15.6. The van der Waals surface area contributed by atoms with E-state index in [-0.39, 0.29) is 6.04 Å². The van der Waals surface area contributed by atoms with Crippen molar-refractivity contribution in [1.82, 2.24) is 9.88 Å². The van der Waals surface area contributed by atoms with E-state index in [1.807, 2.05) is 29.3 Å². The molecule has 5 nitrogen and oxygen atoms in total. The van der Waals surface area contributed by atoms with Gasteiger partial charge in [0, 0.05) is 48.6 Å². The molecule has 1 aromatic carbocycles. The molecule has 5 heteroatoms. The van der Waals surface area contributed by atoms with Gasteiger partial charge in [0.05, 0.1) is 12.1 Å². The van der Waals surface area contributed by atoms with E-state index in [1.54, 1.807) is 6.20 Å². The SMILES string of the molecule is N#CC=CCc1cc(NC2CN(C(=O)C3CC3)C2)c2cnccc2c1. The Morgan fingerprint density at radius 1 is 1.40 bits per heavy atom. The highest BCUT2D eigenvalue weighted by molar-refractivity contribution is 5.94. The molecule has 2 fully saturated rings. The molecule has 1 aliphatic carbocycles. The molecule has 0 atom stereocenters. The molecule has 0 unspecified atom stereocenters. The number of hydrogen-bond acceptors (Lipinski definition) is 4. The second-order valence-corrected chi connectivity index (χ2v) is 6.83. The molecular weight excluding hydrogens is 312 g/mol. The van der Waals surface area contributed by atoms with Gasteiger partial charge in [0.1, 0.15) is 0 Å². The Hall–Kier alpha value is -2.87. The van der Waals surface area contributed by atoms with E-state index >= 15 is 0 Å². The van der Waals surface area contributed by atoms with Crippen molar-refractivity contribution in [1.29, 1.82) is 5.26 Å². The Morgan fingerprint density at radius 3 is 3.00 bits per heavy atom. The highest BCUT2D eigenvalue weighted by Crippen LogP contribution is 2.33. The van der Waals surface area contributed by atoms with E-state index in [4.69, 9.17) is 5.26 Å². The topological polar surface area (TPSA) is 69.0 Å². The number of allylic oxidation sites excluding steroid dienone is 2. The largest absolute Gasteiger partial charge is 0.378 e. The van der Waals surface area contributed by atoms with Gasteiger partial charge in [-0.2, -0.15) is 5.26 Å². The van der Waals surface area contributed by atoms with Crippen molar-refractivity contribution in [2.75, 3.05) is 18.4 Å². The number of nitriles is 1. The van der Waals surface area contributed by atoms with Gasteiger partial charge in [0.15, 0.2) is 0 Å². The minimum atomic E-state index is 0.288. The lowest BCUT2D eigenvalue weighted by Gasteiger charge is -2.40. The molecule has 0 radical (unpaired) electrons. The molecule has 25 heavy (non-hydrogen) atoms. The molecule has 126 valence electrons. The molecule has 2 heterocycles. The second-order valence-electron chi connectivity index (χ2n) is 6.83. The summed E-state index contributed by atoms with van der Waals surface area (Å²) in [4.78, 5) is 18.2. The number of aromatic nitrogens is 1. The number of likely N-dealkylation sites (tertiary alicyclic amines) is 1. The van der Waals surface area contributed by atoms with E-state index in [0.29, 0.717) is 11.8 Å². The van der Waals surface area contributed by atoms with Crippen LogP contribution in [0.5, 0.6) is 0 Å². The molecule has 1 N–H and O–H groups in total. The first-order chi connectivity index (χ1) is 12.2. The van der Waals surface area contributed by atoms with Crippen LogP contribution in [0.15, 0.2) is 42.7 Å². The number of carbonyl (C=O) groups excluding carboxylic acids is 1. The maximum Gasteiger partial charge on any atom is 0.225 e. The number of benzene rings is 1. The fourth-order valence-corrected chi connectivity index (χ4v) is 3.30. The Morgan fingerprint density at radius 2 is 2.24 bits per heavy atom. The molecule has 4 rings (SSSR count). The maximum atomic E-state index is 12.1. The summed E-state index contributed by atoms with van der Waals surface area (Å²) in [5.74, 6) is 0.612. The third-order valence-corrected chi connectivity index (χ3v) is 4.84. The number of pyridine rings is 1. The smallest absolute Gasteiger partial charge is 0.225 e. The average Bonchev–Trinajstić information content (AvgIpc) is 3.42. The Kier molecular flexibility index (Phi) is 4.10. The van der Waals surface area contributed by atoms with Crippen LogP contribution in [0.2, 0.25) is 0 Å². The predicted octanol–water partition coefficient (Wildman–Crippen LogP) is 2.89. The summed E-state index contributed by atoms with van der Waals surface area (Å²) in [7, 11) is 0. The number of nitrogens with one attached hydrogen (secondary N) is 1. The quantitative estimate of drug-likeness (QED) is 0.855. The van der Waals surface area contributed by atoms with Crippen molar-refractivity contribution in [3.63, 3.8) is 0 Å². The lowest BCUT2D eigenvalue weighted by molar-refractivity contribution is -0.136. The van der Waals surface area contributed by atoms with Gasteiger partial charge in [0.2, 0.25) is 5.91 Å². The number of rotatable bonds is 5. The summed E-state index contributed by atoms with van der Waals surface area (Å²) in [6.45, 7) is 1.55. The molecular formula is C20H20N4O. The number of anilines is 1. The summed E-state index contributed by atoms with van der Waals surface area (Å²) in [6.07, 6.45) is 9.88. The lowest BCUT2D eigenvalue weighted by atomic mass is 10.0. The number of nitrogens with zero attached hydrogens (tertiary/aromatic N) is 3. The van der Waals surface area contributed by atoms with E-state index in [1.165, 1.54) is 6.08 Å². The zero-order valence-electron chi connectivity index (χ0n) is 14.0. The van der Waals surface area contributed by atoms with Gasteiger partial charge >= 0.3 is 0 Å². The van der Waals surface area contributed by atoms with Gasteiger partial charge in [-0.25, -0.2) is 0 Å². The van der Waals surface area contributed by atoms with Crippen molar-refractivity contribution < 1.29 is 4.79 Å². The third-order valence-electron chi connectivity index (χ3n) is 4.84. The van der Waals surface area contributed by atoms with Crippen LogP contribution in [-0.2, 0) is 11.2 Å². The first-order valence-corrected chi connectivity index (χ1v) is 8.71. The molecule has 1 saturated carbocycles. The van der Waals surface area contributed by atoms with Gasteiger partial charge in [0.25, 0.3) is 0 Å². The van der Waals surface area contributed by atoms with E-state index in [2.05, 4.69) is 22.4 Å². The van der Waals surface area contributed by atoms with Crippen molar-refractivity contribution in [2.24, 2.45) is 5.92 Å². The van der Waals surface area contributed by atoms with Crippen molar-refractivity contribution in [2.45, 2.75) is 25.3 Å². The van der Waals surface area contributed by atoms with E-state index in [0.717, 1.165) is 54.4 Å². The second kappa shape index (κ2) is 6.56. The normalized spacial score (nSPS) is 17.5. The van der Waals surface area contributed by atoms with Crippen molar-refractivity contribution in [3.05, 3.63) is 48.3 Å². The van der Waals surface area contributed by atoms with Crippen molar-refractivity contribution in [3.8, 4) is 6.07 Å². The van der Waals surface area contributed by atoms with Crippen LogP contribution in [0.3, 0.4) is 0 Å². The maximum absolute atomic E-state index is 12.1. The first-order valence-electron chi connectivity index (χ1n) is 8.71. The zero-order valence-corrected chi connectivity index (χ0v) is 14.0. The number of carbonyl (C=O) groups is 1. The van der Waals surface area contributed by atoms with E-state index in [9.17, 15) is 4.79 Å². The van der Waals surface area contributed by atoms with Crippen LogP contribution >= 0.6 is 0 Å². The van der Waals surface area contributed by atoms with Gasteiger partial charge in [-0.1, -0.05) is 12.1 Å². The summed E-state index contributed by atoms with van der Waals surface area (Å²) < 4.78 is 0. The monoisotopic (exact) mass is 332 g/mol. The highest BCUT2D eigenvalue weighted by Gasteiger charge is 2.39. The molecule has 0 spiro atoms. The van der Waals surface area contributed by atoms with Crippen LogP contribution in [0.25, 0.3) is 10.8 Å². The Labute approximate surface area is 147 Å². The van der Waals surface area contributed by atoms with E-state index < -0.39 is 0 Å². The standard InChI is InChI=1S/C20H20N4O/c21-7-2-1-3-14-9-16-6-8-22-11-18(16)19(10-14)23-17-12-24(13-17)20(25)15-4-5-15/h1-2,6,8-11,15,17,23H,3-5,12-13H2. The van der Waals surface area contributed by atoms with Crippen LogP contribution in [-0.4, -0.2) is 34.9 Å². The highest BCUT2D eigenvalue weighted by atomic mass is 16.2. The summed E-state index contributed by atoms with van der Waals surface area (Å²) in [6, 6.07) is 8.57. The lowest BCUT2D eigenvalue weighted by Crippen LogP contribution is -2.57. The van der Waals surface area contributed by atoms with Crippen LogP contribution in [0.1, 0.15) is 18.4 Å². The van der Waals surface area contributed by atoms with Gasteiger partial charge in [-0.3, -0.25) is 9.78 Å². The van der Waals surface area contributed by atoms with Gasteiger partial charge < -0.3 is 10.2 Å². The molecule has 1 aliphatic heterocycles. The fraction of sp³-hybridized carbons (Fsp3) is 0.350. The van der Waals surface area contributed by atoms with Crippen LogP contribution in [0.4, 0.5) is 5.69 Å². The van der Waals surface area contributed by atoms with Gasteiger partial charge in [-0.15, -0.1) is 0 Å². The van der Waals surface area contributed by atoms with Gasteiger partial charge in [-0.05, 0) is 42.3 Å². The zero-order chi connectivity index (χ0) is 17.2. The number of amides is 1. The predicted molar refractivity (Wildman–Crippen MR) is 96.9 cm³/mol. The summed E-state index contributed by atoms with van der Waals surface area (Å²) in [5.41, 5.74) is 2.20. The molecule has 0 bridgehead atoms. The average molecular weight is 332 g/mol. The minimum absolute atomic E-state index is 0.288. The molecule has 1 amide bonds. The fourth-order valence-electron chi connectivity index (χ4n) is 3.30. The minimum Gasteiger partial charge on any atom is -0.378 e. The van der Waals surface area contributed by atoms with Crippen LogP contribution in [0, 0.1) is 17.2 Å². The third kappa shape index (κ3) is 3.34. The van der Waals surface area contributed by atoms with Crippen LogP contribution < -0.4 is 5.32 Å². The summed E-state index contributed by atoms with van der Waals surface area (Å²) >= 11 is 0. The Bertz CT molecular complexity index is 873. The Balaban J connectivity index is 1.51. The molecule has 1 saturated heterocycles. The number of fused-ring (bicyclic) bond motifs is 1. The summed E-state index contributed by atoms with van der Waals surface area (Å²) in [5, 5.41) is 14.4.